The highest BCUT2D eigenvalue weighted by molar-refractivity contribution is 5.95. The molecule has 2 N–H and O–H groups in total. The first-order valence-corrected chi connectivity index (χ1v) is 16.6. The van der Waals surface area contributed by atoms with Gasteiger partial charge in [-0.15, -0.1) is 5.10 Å². The number of ether oxygens (including phenoxy) is 1. The minimum atomic E-state index is -4.48. The standard InChI is InChI=1S/C33H34F3N9O5/c1-3-23-27(42-8-10-43(11-9-42)30(48)26-28(47)16(2)37-15-38-26)31(49)45-32(40-29(41-45)25-19-13-50-14-20(19)25)44(23)12-24(46)39-22-7-6-21(33(34,35)36)17-4-5-18(17)22/h6-7,15,19-20,25,47H,3-5,8-14H2,1-2H3,(H,39,46). The van der Waals surface area contributed by atoms with Gasteiger partial charge in [-0.3, -0.25) is 14.4 Å². The number of anilines is 2. The summed E-state index contributed by atoms with van der Waals surface area (Å²) in [6.45, 7) is 5.38. The molecule has 3 fully saturated rings. The Morgan fingerprint density at radius 2 is 1.78 bits per heavy atom. The van der Waals surface area contributed by atoms with Crippen LogP contribution >= 0.6 is 0 Å². The second kappa shape index (κ2) is 11.8. The molecule has 50 heavy (non-hydrogen) atoms. The molecule has 14 nitrogen and oxygen atoms in total. The van der Waals surface area contributed by atoms with Crippen LogP contribution in [0.4, 0.5) is 24.5 Å². The van der Waals surface area contributed by atoms with E-state index in [-0.39, 0.29) is 85.4 Å². The molecule has 2 aliphatic heterocycles. The number of alkyl halides is 3. The molecule has 5 heterocycles. The third kappa shape index (κ3) is 5.16. The van der Waals surface area contributed by atoms with Gasteiger partial charge in [-0.1, -0.05) is 6.92 Å². The molecule has 4 aromatic rings. The fourth-order valence-electron chi connectivity index (χ4n) is 7.67. The zero-order valence-corrected chi connectivity index (χ0v) is 27.3. The fourth-order valence-corrected chi connectivity index (χ4v) is 7.67. The Labute approximate surface area is 282 Å². The van der Waals surface area contributed by atoms with Gasteiger partial charge in [-0.05, 0) is 61.3 Å². The summed E-state index contributed by atoms with van der Waals surface area (Å²) in [6, 6.07) is 2.29. The topological polar surface area (TPSA) is 160 Å². The van der Waals surface area contributed by atoms with Gasteiger partial charge in [0.05, 0.1) is 30.2 Å². The Balaban J connectivity index is 1.12. The van der Waals surface area contributed by atoms with E-state index in [2.05, 4.69) is 20.4 Å². The summed E-state index contributed by atoms with van der Waals surface area (Å²) in [4.78, 5) is 57.2. The summed E-state index contributed by atoms with van der Waals surface area (Å²) < 4.78 is 49.0. The Morgan fingerprint density at radius 3 is 2.44 bits per heavy atom. The first-order valence-electron chi connectivity index (χ1n) is 16.6. The number of aromatic hydroxyl groups is 1. The fraction of sp³-hybridized carbons (Fsp3) is 0.485. The van der Waals surface area contributed by atoms with Gasteiger partial charge in [0.2, 0.25) is 11.7 Å². The summed E-state index contributed by atoms with van der Waals surface area (Å²) >= 11 is 0. The van der Waals surface area contributed by atoms with Crippen LogP contribution in [0.3, 0.4) is 0 Å². The number of hydrogen-bond donors (Lipinski definition) is 2. The average Bonchev–Trinajstić information content (AvgIpc) is 3.36. The predicted octanol–water partition coefficient (Wildman–Crippen LogP) is 2.34. The molecule has 0 bridgehead atoms. The predicted molar refractivity (Wildman–Crippen MR) is 171 cm³/mol. The lowest BCUT2D eigenvalue weighted by Crippen LogP contribution is -2.51. The number of nitrogens with zero attached hydrogens (tertiary/aromatic N) is 8. The maximum atomic E-state index is 14.2. The Morgan fingerprint density at radius 1 is 1.06 bits per heavy atom. The monoisotopic (exact) mass is 693 g/mol. The van der Waals surface area contributed by atoms with Crippen LogP contribution in [0.1, 0.15) is 57.2 Å². The number of fused-ring (bicyclic) bond motifs is 3. The number of benzene rings is 1. The van der Waals surface area contributed by atoms with Crippen molar-refractivity contribution in [1.29, 1.82) is 0 Å². The molecule has 2 saturated heterocycles. The van der Waals surface area contributed by atoms with Gasteiger partial charge >= 0.3 is 6.18 Å². The van der Waals surface area contributed by atoms with Crippen molar-refractivity contribution >= 4 is 29.0 Å². The number of aromatic nitrogens is 6. The molecule has 3 aromatic heterocycles. The zero-order chi connectivity index (χ0) is 35.1. The van der Waals surface area contributed by atoms with E-state index < -0.39 is 29.1 Å². The second-order valence-electron chi connectivity index (χ2n) is 13.2. The number of amides is 2. The van der Waals surface area contributed by atoms with Crippen molar-refractivity contribution in [3.63, 3.8) is 0 Å². The van der Waals surface area contributed by atoms with Crippen LogP contribution in [0.2, 0.25) is 0 Å². The summed E-state index contributed by atoms with van der Waals surface area (Å²) in [6.07, 6.45) is -2.20. The molecule has 2 amide bonds. The van der Waals surface area contributed by atoms with E-state index in [9.17, 15) is 32.7 Å². The molecule has 2 aliphatic carbocycles. The normalized spacial score (nSPS) is 21.2. The van der Waals surface area contributed by atoms with Gasteiger partial charge in [0.25, 0.3) is 11.5 Å². The smallest absolute Gasteiger partial charge is 0.416 e. The Hall–Kier alpha value is -5.06. The zero-order valence-electron chi connectivity index (χ0n) is 27.3. The maximum absolute atomic E-state index is 14.2. The number of aryl methyl sites for hydroxylation is 1. The molecular weight excluding hydrogens is 659 g/mol. The van der Waals surface area contributed by atoms with Gasteiger partial charge in [-0.2, -0.15) is 22.7 Å². The SMILES string of the molecule is CCc1c(N2CCN(C(=O)c3ncnc(C)c3O)CC2)c(=O)n2nc(C3C4COCC43)nc2n1CC(=O)Nc1ccc(C(F)(F)F)c2c1CC2. The van der Waals surface area contributed by atoms with E-state index in [0.29, 0.717) is 54.5 Å². The quantitative estimate of drug-likeness (QED) is 0.294. The van der Waals surface area contributed by atoms with Gasteiger partial charge in [-0.25, -0.2) is 9.97 Å². The Kier molecular flexibility index (Phi) is 7.58. The number of hydrogen-bond acceptors (Lipinski definition) is 10. The highest BCUT2D eigenvalue weighted by Crippen LogP contribution is 2.56. The van der Waals surface area contributed by atoms with Crippen molar-refractivity contribution in [1.82, 2.24) is 34.0 Å². The number of carbonyl (C=O) groups excluding carboxylic acids is 2. The molecule has 8 rings (SSSR count). The second-order valence-corrected chi connectivity index (χ2v) is 13.2. The molecule has 1 aromatic carbocycles. The van der Waals surface area contributed by atoms with Crippen LogP contribution in [0.15, 0.2) is 23.3 Å². The lowest BCUT2D eigenvalue weighted by Gasteiger charge is -2.36. The molecule has 2 atom stereocenters. The van der Waals surface area contributed by atoms with Crippen molar-refractivity contribution in [3.05, 3.63) is 68.4 Å². The number of carbonyl (C=O) groups is 2. The first kappa shape index (κ1) is 32.2. The summed E-state index contributed by atoms with van der Waals surface area (Å²) in [5.41, 5.74) is 0.975. The molecule has 1 saturated carbocycles. The summed E-state index contributed by atoms with van der Waals surface area (Å²) in [5.74, 6) is 0.0778. The van der Waals surface area contributed by atoms with E-state index in [1.54, 1.807) is 16.4 Å². The molecule has 2 unspecified atom stereocenters. The van der Waals surface area contributed by atoms with E-state index in [0.717, 1.165) is 6.07 Å². The van der Waals surface area contributed by atoms with Crippen molar-refractivity contribution in [3.8, 4) is 5.75 Å². The van der Waals surface area contributed by atoms with Crippen LogP contribution in [0, 0.1) is 18.8 Å². The highest BCUT2D eigenvalue weighted by Gasteiger charge is 2.57. The first-order chi connectivity index (χ1) is 24.0. The van der Waals surface area contributed by atoms with Crippen LogP contribution in [0.25, 0.3) is 5.78 Å². The van der Waals surface area contributed by atoms with Crippen molar-refractivity contribution < 1.29 is 32.6 Å². The third-order valence-corrected chi connectivity index (χ3v) is 10.5. The third-order valence-electron chi connectivity index (χ3n) is 10.5. The number of halogens is 3. The molecule has 17 heteroatoms. The average molecular weight is 694 g/mol. The van der Waals surface area contributed by atoms with E-state index in [4.69, 9.17) is 9.72 Å². The lowest BCUT2D eigenvalue weighted by molar-refractivity contribution is -0.138. The van der Waals surface area contributed by atoms with E-state index >= 15 is 0 Å². The van der Waals surface area contributed by atoms with Crippen LogP contribution in [-0.4, -0.2) is 90.3 Å². The van der Waals surface area contributed by atoms with Crippen LogP contribution < -0.4 is 15.8 Å². The number of nitrogens with one attached hydrogen (secondary N) is 1. The van der Waals surface area contributed by atoms with Gasteiger partial charge in [0, 0.05) is 37.8 Å². The van der Waals surface area contributed by atoms with Gasteiger partial charge in [0.15, 0.2) is 17.3 Å². The largest absolute Gasteiger partial charge is 0.504 e. The minimum absolute atomic E-state index is 0.0428. The molecule has 262 valence electrons. The molecule has 4 aliphatic rings. The molecule has 0 radical (unpaired) electrons. The lowest BCUT2D eigenvalue weighted by atomic mass is 9.83. The maximum Gasteiger partial charge on any atom is 0.416 e. The summed E-state index contributed by atoms with van der Waals surface area (Å²) in [7, 11) is 0. The highest BCUT2D eigenvalue weighted by atomic mass is 19.4. The Bertz CT molecular complexity index is 2110. The van der Waals surface area contributed by atoms with Gasteiger partial charge in [0.1, 0.15) is 18.6 Å². The van der Waals surface area contributed by atoms with Crippen molar-refractivity contribution in [2.75, 3.05) is 49.6 Å². The van der Waals surface area contributed by atoms with Crippen LogP contribution in [0.5, 0.6) is 5.75 Å². The molecular formula is C33H34F3N9O5. The number of piperazine rings is 1. The summed E-state index contributed by atoms with van der Waals surface area (Å²) in [5, 5.41) is 17.8. The van der Waals surface area contributed by atoms with Gasteiger partial charge < -0.3 is 29.5 Å². The number of rotatable bonds is 7. The van der Waals surface area contributed by atoms with Crippen molar-refractivity contribution in [2.45, 2.75) is 51.7 Å². The minimum Gasteiger partial charge on any atom is -0.504 e. The van der Waals surface area contributed by atoms with E-state index in [1.165, 1.54) is 16.9 Å². The van der Waals surface area contributed by atoms with Crippen molar-refractivity contribution in [2.24, 2.45) is 11.8 Å². The van der Waals surface area contributed by atoms with Crippen LogP contribution in [-0.2, 0) is 41.5 Å². The molecule has 0 spiro atoms. The van der Waals surface area contributed by atoms with E-state index in [1.807, 2.05) is 11.8 Å².